The molecule has 0 bridgehead atoms. The quantitative estimate of drug-likeness (QED) is 0.616. The molecule has 35 heavy (non-hydrogen) atoms. The number of hydrogen-bond donors (Lipinski definition) is 1. The smallest absolute Gasteiger partial charge is 0.253 e. The van der Waals surface area contributed by atoms with E-state index in [1.807, 2.05) is 74.2 Å². The molecule has 3 heterocycles. The van der Waals surface area contributed by atoms with Crippen LogP contribution in [-0.4, -0.2) is 53.6 Å². The lowest BCUT2D eigenvalue weighted by Gasteiger charge is -2.32. The van der Waals surface area contributed by atoms with Crippen molar-refractivity contribution in [1.29, 1.82) is 0 Å². The first-order valence-electron chi connectivity index (χ1n) is 12.2. The minimum absolute atomic E-state index is 0.0434. The molecule has 1 aromatic heterocycles. The number of rotatable bonds is 4. The fraction of sp³-hybridized carbons (Fsp3) is 0.357. The second-order valence-corrected chi connectivity index (χ2v) is 9.35. The van der Waals surface area contributed by atoms with Gasteiger partial charge in [-0.1, -0.05) is 17.7 Å². The molecule has 0 saturated carbocycles. The molecule has 5 rings (SSSR count). The van der Waals surface area contributed by atoms with Gasteiger partial charge < -0.3 is 24.3 Å². The maximum atomic E-state index is 13.2. The molecule has 1 saturated heterocycles. The summed E-state index contributed by atoms with van der Waals surface area (Å²) in [4.78, 5) is 27.8. The molecule has 3 aromatic rings. The Kier molecular flexibility index (Phi) is 6.24. The molecule has 2 aromatic carbocycles. The van der Waals surface area contributed by atoms with Gasteiger partial charge in [0.15, 0.2) is 11.5 Å². The van der Waals surface area contributed by atoms with Crippen LogP contribution in [0.25, 0.3) is 5.69 Å². The summed E-state index contributed by atoms with van der Waals surface area (Å²) in [7, 11) is 0. The summed E-state index contributed by atoms with van der Waals surface area (Å²) in [6, 6.07) is 15.5. The maximum absolute atomic E-state index is 13.2. The van der Waals surface area contributed by atoms with Gasteiger partial charge in [0.1, 0.15) is 13.2 Å². The van der Waals surface area contributed by atoms with Crippen molar-refractivity contribution in [3.63, 3.8) is 0 Å². The van der Waals surface area contributed by atoms with E-state index < -0.39 is 0 Å². The van der Waals surface area contributed by atoms with Crippen LogP contribution in [0.15, 0.2) is 48.5 Å². The number of nitrogens with one attached hydrogen (secondary N) is 1. The number of amides is 2. The monoisotopic (exact) mass is 473 g/mol. The first-order chi connectivity index (χ1) is 16.9. The Balaban J connectivity index is 1.24. The Morgan fingerprint density at radius 2 is 1.57 bits per heavy atom. The fourth-order valence-corrected chi connectivity index (χ4v) is 4.93. The summed E-state index contributed by atoms with van der Waals surface area (Å²) >= 11 is 0. The standard InChI is InChI=1S/C28H31N3O4/c1-18-4-6-21(7-5-18)28(33)30-12-10-22(11-13-30)29-27(32)24-16-19(2)31(20(24)3)23-8-9-25-26(17-23)35-15-14-34-25/h4-9,16-17,22H,10-15H2,1-3H3,(H,29,32). The second-order valence-electron chi connectivity index (χ2n) is 9.35. The summed E-state index contributed by atoms with van der Waals surface area (Å²) in [6.07, 6.45) is 1.48. The molecular weight excluding hydrogens is 442 g/mol. The maximum Gasteiger partial charge on any atom is 0.253 e. The van der Waals surface area contributed by atoms with Gasteiger partial charge in [0.05, 0.1) is 5.56 Å². The average Bonchev–Trinajstić information content (AvgIpc) is 3.18. The molecule has 1 N–H and O–H groups in total. The van der Waals surface area contributed by atoms with Gasteiger partial charge >= 0.3 is 0 Å². The van der Waals surface area contributed by atoms with Crippen LogP contribution in [0.4, 0.5) is 0 Å². The molecule has 2 aliphatic heterocycles. The Morgan fingerprint density at radius 1 is 0.886 bits per heavy atom. The van der Waals surface area contributed by atoms with Crippen molar-refractivity contribution >= 4 is 11.8 Å². The van der Waals surface area contributed by atoms with Crippen LogP contribution in [0.5, 0.6) is 11.5 Å². The first kappa shape index (κ1) is 23.0. The highest BCUT2D eigenvalue weighted by molar-refractivity contribution is 5.96. The van der Waals surface area contributed by atoms with E-state index >= 15 is 0 Å². The Hall–Kier alpha value is -3.74. The van der Waals surface area contributed by atoms with Crippen LogP contribution in [0.1, 0.15) is 50.5 Å². The molecular formula is C28H31N3O4. The Labute approximate surface area is 205 Å². The minimum atomic E-state index is -0.0785. The summed E-state index contributed by atoms with van der Waals surface area (Å²) in [5.41, 5.74) is 5.30. The third-order valence-electron chi connectivity index (χ3n) is 6.88. The predicted octanol–water partition coefficient (Wildman–Crippen LogP) is 4.21. The van der Waals surface area contributed by atoms with Crippen molar-refractivity contribution in [3.8, 4) is 17.2 Å². The van der Waals surface area contributed by atoms with Crippen molar-refractivity contribution in [3.05, 3.63) is 76.6 Å². The second kappa shape index (κ2) is 9.49. The number of carbonyl (C=O) groups excluding carboxylic acids is 2. The topological polar surface area (TPSA) is 72.8 Å². The van der Waals surface area contributed by atoms with Crippen LogP contribution in [0.2, 0.25) is 0 Å². The average molecular weight is 474 g/mol. The van der Waals surface area contributed by atoms with E-state index in [4.69, 9.17) is 9.47 Å². The summed E-state index contributed by atoms with van der Waals surface area (Å²) in [5, 5.41) is 3.19. The van der Waals surface area contributed by atoms with Crippen LogP contribution in [0.3, 0.4) is 0 Å². The third-order valence-corrected chi connectivity index (χ3v) is 6.88. The number of likely N-dealkylation sites (tertiary alicyclic amines) is 1. The Morgan fingerprint density at radius 3 is 2.29 bits per heavy atom. The van der Waals surface area contributed by atoms with Crippen molar-refractivity contribution in [2.75, 3.05) is 26.3 Å². The number of piperidine rings is 1. The predicted molar refractivity (Wildman–Crippen MR) is 134 cm³/mol. The van der Waals surface area contributed by atoms with Gasteiger partial charge in [-0.2, -0.15) is 0 Å². The molecule has 0 atom stereocenters. The molecule has 0 radical (unpaired) electrons. The van der Waals surface area contributed by atoms with E-state index in [9.17, 15) is 9.59 Å². The number of nitrogens with zero attached hydrogens (tertiary/aromatic N) is 2. The number of benzene rings is 2. The lowest BCUT2D eigenvalue weighted by molar-refractivity contribution is 0.0698. The molecule has 2 aliphatic rings. The molecule has 0 aliphatic carbocycles. The van der Waals surface area contributed by atoms with E-state index in [1.54, 1.807) is 0 Å². The summed E-state index contributed by atoms with van der Waals surface area (Å²) in [5.74, 6) is 1.44. The summed E-state index contributed by atoms with van der Waals surface area (Å²) < 4.78 is 13.4. The van der Waals surface area contributed by atoms with E-state index in [2.05, 4.69) is 9.88 Å². The van der Waals surface area contributed by atoms with Crippen LogP contribution >= 0.6 is 0 Å². The van der Waals surface area contributed by atoms with Crippen LogP contribution in [-0.2, 0) is 0 Å². The van der Waals surface area contributed by atoms with E-state index in [0.717, 1.165) is 47.0 Å². The van der Waals surface area contributed by atoms with Gasteiger partial charge in [-0.25, -0.2) is 0 Å². The summed E-state index contributed by atoms with van der Waals surface area (Å²) in [6.45, 7) is 8.32. The van der Waals surface area contributed by atoms with Gasteiger partial charge in [0, 0.05) is 47.8 Å². The molecule has 7 heteroatoms. The number of carbonyl (C=O) groups is 2. The zero-order valence-corrected chi connectivity index (χ0v) is 20.5. The van der Waals surface area contributed by atoms with Gasteiger partial charge in [0.25, 0.3) is 11.8 Å². The van der Waals surface area contributed by atoms with Gasteiger partial charge in [-0.3, -0.25) is 9.59 Å². The molecule has 0 spiro atoms. The van der Waals surface area contributed by atoms with Crippen molar-refractivity contribution in [2.45, 2.75) is 39.7 Å². The highest BCUT2D eigenvalue weighted by Crippen LogP contribution is 2.33. The van der Waals surface area contributed by atoms with Gasteiger partial charge in [-0.05, 0) is 63.9 Å². The SMILES string of the molecule is Cc1ccc(C(=O)N2CCC(NC(=O)c3cc(C)n(-c4ccc5c(c4)OCCO5)c3C)CC2)cc1. The molecule has 182 valence electrons. The molecule has 2 amide bonds. The first-order valence-corrected chi connectivity index (χ1v) is 12.2. The molecule has 7 nitrogen and oxygen atoms in total. The normalized spacial score (nSPS) is 15.7. The zero-order chi connectivity index (χ0) is 24.5. The Bertz CT molecular complexity index is 1250. The highest BCUT2D eigenvalue weighted by Gasteiger charge is 2.26. The lowest BCUT2D eigenvalue weighted by atomic mass is 10.0. The number of aromatic nitrogens is 1. The fourth-order valence-electron chi connectivity index (χ4n) is 4.93. The van der Waals surface area contributed by atoms with Gasteiger partial charge in [-0.15, -0.1) is 0 Å². The third kappa shape index (κ3) is 4.63. The molecule has 1 fully saturated rings. The molecule has 0 unspecified atom stereocenters. The number of fused-ring (bicyclic) bond motifs is 1. The van der Waals surface area contributed by atoms with E-state index in [1.165, 1.54) is 0 Å². The number of hydrogen-bond acceptors (Lipinski definition) is 4. The van der Waals surface area contributed by atoms with Crippen molar-refractivity contribution in [2.24, 2.45) is 0 Å². The van der Waals surface area contributed by atoms with Crippen LogP contribution in [0, 0.1) is 20.8 Å². The van der Waals surface area contributed by atoms with E-state index in [-0.39, 0.29) is 17.9 Å². The van der Waals surface area contributed by atoms with Crippen molar-refractivity contribution in [1.82, 2.24) is 14.8 Å². The minimum Gasteiger partial charge on any atom is -0.486 e. The largest absolute Gasteiger partial charge is 0.486 e. The van der Waals surface area contributed by atoms with E-state index in [0.29, 0.717) is 37.4 Å². The number of aryl methyl sites for hydroxylation is 2. The zero-order valence-electron chi connectivity index (χ0n) is 20.5. The van der Waals surface area contributed by atoms with Crippen molar-refractivity contribution < 1.29 is 19.1 Å². The number of ether oxygens (including phenoxy) is 2. The van der Waals surface area contributed by atoms with Crippen LogP contribution < -0.4 is 14.8 Å². The lowest BCUT2D eigenvalue weighted by Crippen LogP contribution is -2.46. The van der Waals surface area contributed by atoms with Gasteiger partial charge in [0.2, 0.25) is 0 Å². The highest BCUT2D eigenvalue weighted by atomic mass is 16.6.